The Morgan fingerprint density at radius 2 is 1.91 bits per heavy atom. The van der Waals surface area contributed by atoms with E-state index in [4.69, 9.17) is 4.52 Å². The molecule has 8 heteroatoms. The molecule has 0 radical (unpaired) electrons. The molecule has 1 atom stereocenters. The van der Waals surface area contributed by atoms with E-state index in [9.17, 15) is 13.2 Å². The predicted octanol–water partition coefficient (Wildman–Crippen LogP) is 4.50. The molecule has 1 amide bonds. The number of sulfonamides is 1. The third-order valence-corrected chi connectivity index (χ3v) is 7.72. The highest BCUT2D eigenvalue weighted by Gasteiger charge is 2.36. The fourth-order valence-electron chi connectivity index (χ4n) is 4.01. The fraction of sp³-hybridized carbons (Fsp3) is 0.280. The second kappa shape index (κ2) is 9.72. The average molecular weight is 466 g/mol. The Kier molecular flexibility index (Phi) is 6.76. The summed E-state index contributed by atoms with van der Waals surface area (Å²) in [5.74, 6) is -0.424. The van der Waals surface area contributed by atoms with Crippen molar-refractivity contribution in [3.05, 3.63) is 77.2 Å². The average Bonchev–Trinajstić information content (AvgIpc) is 3.19. The van der Waals surface area contributed by atoms with E-state index in [2.05, 4.69) is 10.5 Å². The van der Waals surface area contributed by atoms with Gasteiger partial charge >= 0.3 is 0 Å². The molecule has 4 rings (SSSR count). The van der Waals surface area contributed by atoms with Crippen LogP contribution in [0, 0.1) is 19.8 Å². The normalized spacial score (nSPS) is 17.3. The molecule has 0 bridgehead atoms. The maximum atomic E-state index is 13.5. The smallest absolute Gasteiger partial charge is 0.248 e. The number of amides is 1. The van der Waals surface area contributed by atoms with Gasteiger partial charge in [0.2, 0.25) is 15.9 Å². The lowest BCUT2D eigenvalue weighted by molar-refractivity contribution is -0.120. The van der Waals surface area contributed by atoms with Crippen molar-refractivity contribution < 1.29 is 17.7 Å². The Morgan fingerprint density at radius 3 is 2.67 bits per heavy atom. The number of nitrogens with one attached hydrogen (secondary N) is 1. The van der Waals surface area contributed by atoms with Crippen LogP contribution in [0.2, 0.25) is 0 Å². The minimum absolute atomic E-state index is 0.0504. The van der Waals surface area contributed by atoms with Crippen LogP contribution >= 0.6 is 0 Å². The lowest BCUT2D eigenvalue weighted by Gasteiger charge is -2.31. The number of hydrogen-bond acceptors (Lipinski definition) is 5. The van der Waals surface area contributed by atoms with Crippen LogP contribution in [0.15, 0.2) is 64.0 Å². The lowest BCUT2D eigenvalue weighted by Crippen LogP contribution is -2.43. The second-order valence-electron chi connectivity index (χ2n) is 8.27. The van der Waals surface area contributed by atoms with Crippen LogP contribution in [0.25, 0.3) is 12.2 Å². The van der Waals surface area contributed by atoms with Crippen LogP contribution < -0.4 is 5.32 Å². The highest BCUT2D eigenvalue weighted by atomic mass is 32.2. The van der Waals surface area contributed by atoms with E-state index in [1.54, 1.807) is 19.1 Å². The maximum absolute atomic E-state index is 13.5. The number of carbonyl (C=O) groups is 1. The van der Waals surface area contributed by atoms with Gasteiger partial charge in [0, 0.05) is 18.8 Å². The van der Waals surface area contributed by atoms with Gasteiger partial charge in [-0.05, 0) is 56.0 Å². The molecule has 1 N–H and O–H groups in total. The third kappa shape index (κ3) is 5.23. The fourth-order valence-corrected chi connectivity index (χ4v) is 5.78. The minimum Gasteiger partial charge on any atom is -0.355 e. The first-order chi connectivity index (χ1) is 15.8. The number of hydrogen-bond donors (Lipinski definition) is 1. The monoisotopic (exact) mass is 465 g/mol. The van der Waals surface area contributed by atoms with Crippen molar-refractivity contribution in [3.8, 4) is 0 Å². The molecule has 0 unspecified atom stereocenters. The molecule has 0 spiro atoms. The van der Waals surface area contributed by atoms with Crippen molar-refractivity contribution in [1.29, 1.82) is 0 Å². The Bertz CT molecular complexity index is 1270. The van der Waals surface area contributed by atoms with E-state index in [-0.39, 0.29) is 23.1 Å². The summed E-state index contributed by atoms with van der Waals surface area (Å²) in [6.45, 7) is 4.03. The molecule has 1 saturated heterocycles. The summed E-state index contributed by atoms with van der Waals surface area (Å²) in [6.07, 6.45) is 4.64. The van der Waals surface area contributed by atoms with Gasteiger partial charge < -0.3 is 9.84 Å². The molecular weight excluding hydrogens is 438 g/mol. The standard InChI is InChI=1S/C25H27N3O4S/c1-18-8-6-12-22(16-18)26-25(29)21-11-7-15-28(17-21)33(30,31)24-19(2)27-32-23(24)14-13-20-9-4-3-5-10-20/h3-6,8-10,12-14,16,21H,7,11,15,17H2,1-2H3,(H,26,29)/b14-13+/t21-/m1/s1. The summed E-state index contributed by atoms with van der Waals surface area (Å²) in [7, 11) is -3.88. The molecule has 3 aromatic rings. The molecular formula is C25H27N3O4S. The Balaban J connectivity index is 1.53. The van der Waals surface area contributed by atoms with Crippen LogP contribution in [0.1, 0.15) is 35.4 Å². The Hall–Kier alpha value is -3.23. The quantitative estimate of drug-likeness (QED) is 0.579. The Morgan fingerprint density at radius 1 is 1.12 bits per heavy atom. The van der Waals surface area contributed by atoms with Crippen molar-refractivity contribution in [2.75, 3.05) is 18.4 Å². The summed E-state index contributed by atoms with van der Waals surface area (Å²) >= 11 is 0. The molecule has 172 valence electrons. The first kappa shape index (κ1) is 22.9. The zero-order chi connectivity index (χ0) is 23.4. The molecule has 1 aromatic heterocycles. The molecule has 1 fully saturated rings. The molecule has 33 heavy (non-hydrogen) atoms. The number of aromatic nitrogens is 1. The molecule has 2 heterocycles. The van der Waals surface area contributed by atoms with E-state index in [1.165, 1.54) is 4.31 Å². The lowest BCUT2D eigenvalue weighted by atomic mass is 9.98. The van der Waals surface area contributed by atoms with Crippen molar-refractivity contribution in [1.82, 2.24) is 9.46 Å². The molecule has 1 aliphatic heterocycles. The highest BCUT2D eigenvalue weighted by Crippen LogP contribution is 2.29. The van der Waals surface area contributed by atoms with Crippen LogP contribution in [0.5, 0.6) is 0 Å². The van der Waals surface area contributed by atoms with Gasteiger partial charge in [-0.1, -0.05) is 53.7 Å². The van der Waals surface area contributed by atoms with Crippen LogP contribution in [-0.2, 0) is 14.8 Å². The number of nitrogens with zero attached hydrogens (tertiary/aromatic N) is 2. The number of anilines is 1. The van der Waals surface area contributed by atoms with Gasteiger partial charge in [-0.3, -0.25) is 4.79 Å². The topological polar surface area (TPSA) is 92.5 Å². The van der Waals surface area contributed by atoms with E-state index in [0.29, 0.717) is 30.8 Å². The van der Waals surface area contributed by atoms with Gasteiger partial charge in [0.15, 0.2) is 10.7 Å². The van der Waals surface area contributed by atoms with Gasteiger partial charge in [0.05, 0.1) is 5.92 Å². The molecule has 1 aliphatic rings. The zero-order valence-corrected chi connectivity index (χ0v) is 19.5. The SMILES string of the molecule is Cc1cccc(NC(=O)[C@@H]2CCCN(S(=O)(=O)c3c(C)noc3/C=C/c3ccccc3)C2)c1. The van der Waals surface area contributed by atoms with Crippen molar-refractivity contribution in [2.24, 2.45) is 5.92 Å². The van der Waals surface area contributed by atoms with Crippen LogP contribution in [0.3, 0.4) is 0 Å². The number of piperidine rings is 1. The van der Waals surface area contributed by atoms with E-state index in [0.717, 1.165) is 11.1 Å². The minimum atomic E-state index is -3.88. The number of rotatable bonds is 6. The summed E-state index contributed by atoms with van der Waals surface area (Å²) in [4.78, 5) is 12.9. The largest absolute Gasteiger partial charge is 0.355 e. The number of aryl methyl sites for hydroxylation is 2. The van der Waals surface area contributed by atoms with Crippen molar-refractivity contribution >= 4 is 33.8 Å². The summed E-state index contributed by atoms with van der Waals surface area (Å²) in [5.41, 5.74) is 2.97. The first-order valence-electron chi connectivity index (χ1n) is 10.9. The van der Waals surface area contributed by atoms with Crippen molar-refractivity contribution in [3.63, 3.8) is 0 Å². The third-order valence-electron chi connectivity index (χ3n) is 5.70. The predicted molar refractivity (Wildman–Crippen MR) is 128 cm³/mol. The second-order valence-corrected chi connectivity index (χ2v) is 10.1. The zero-order valence-electron chi connectivity index (χ0n) is 18.7. The molecule has 0 aliphatic carbocycles. The van der Waals surface area contributed by atoms with E-state index >= 15 is 0 Å². The number of carbonyl (C=O) groups excluding carboxylic acids is 1. The molecule has 7 nitrogen and oxygen atoms in total. The Labute approximate surface area is 194 Å². The van der Waals surface area contributed by atoms with E-state index < -0.39 is 15.9 Å². The van der Waals surface area contributed by atoms with Crippen molar-refractivity contribution in [2.45, 2.75) is 31.6 Å². The van der Waals surface area contributed by atoms with Gasteiger partial charge in [0.1, 0.15) is 5.69 Å². The maximum Gasteiger partial charge on any atom is 0.248 e. The van der Waals surface area contributed by atoms with Crippen LogP contribution in [-0.4, -0.2) is 36.9 Å². The van der Waals surface area contributed by atoms with Crippen LogP contribution in [0.4, 0.5) is 5.69 Å². The molecule has 0 saturated carbocycles. The van der Waals surface area contributed by atoms with Gasteiger partial charge in [-0.25, -0.2) is 8.42 Å². The highest BCUT2D eigenvalue weighted by molar-refractivity contribution is 7.89. The van der Waals surface area contributed by atoms with Gasteiger partial charge in [-0.2, -0.15) is 4.31 Å². The summed E-state index contributed by atoms with van der Waals surface area (Å²) < 4.78 is 33.8. The molecule has 2 aromatic carbocycles. The van der Waals surface area contributed by atoms with Gasteiger partial charge in [-0.15, -0.1) is 0 Å². The summed E-state index contributed by atoms with van der Waals surface area (Å²) in [5, 5.41) is 6.81. The van der Waals surface area contributed by atoms with Gasteiger partial charge in [0.25, 0.3) is 0 Å². The van der Waals surface area contributed by atoms with E-state index in [1.807, 2.05) is 61.5 Å². The first-order valence-corrected chi connectivity index (χ1v) is 12.4. The summed E-state index contributed by atoms with van der Waals surface area (Å²) in [6, 6.07) is 17.1. The number of benzene rings is 2.